The van der Waals surface area contributed by atoms with Crippen LogP contribution in [0.15, 0.2) is 69.6 Å². The average Bonchev–Trinajstić information content (AvgIpc) is 3.49. The van der Waals surface area contributed by atoms with Crippen LogP contribution in [0.3, 0.4) is 0 Å². The van der Waals surface area contributed by atoms with E-state index >= 15 is 0 Å². The normalized spacial score (nSPS) is 14.6. The van der Waals surface area contributed by atoms with Gasteiger partial charge in [0.1, 0.15) is 0 Å². The Morgan fingerprint density at radius 3 is 2.35 bits per heavy atom. The summed E-state index contributed by atoms with van der Waals surface area (Å²) >= 11 is 1.26. The summed E-state index contributed by atoms with van der Waals surface area (Å²) in [6, 6.07) is 13.8. The van der Waals surface area contributed by atoms with Crippen molar-refractivity contribution >= 4 is 29.4 Å². The van der Waals surface area contributed by atoms with E-state index in [0.717, 1.165) is 22.6 Å². The van der Waals surface area contributed by atoms with Crippen LogP contribution in [0.2, 0.25) is 0 Å². The first-order valence-corrected chi connectivity index (χ1v) is 15.7. The average molecular weight is 644 g/mol. The number of hydrogen-bond acceptors (Lipinski definition) is 9. The highest BCUT2D eigenvalue weighted by atomic mass is 32.1. The molecule has 5 rings (SSSR count). The third kappa shape index (κ3) is 6.02. The van der Waals surface area contributed by atoms with E-state index in [4.69, 9.17) is 23.9 Å². The Labute approximate surface area is 270 Å². The molecule has 0 spiro atoms. The third-order valence-electron chi connectivity index (χ3n) is 7.69. The Kier molecular flexibility index (Phi) is 9.34. The van der Waals surface area contributed by atoms with E-state index in [-0.39, 0.29) is 23.8 Å². The molecule has 0 radical (unpaired) electrons. The van der Waals surface area contributed by atoms with Crippen LogP contribution in [0.5, 0.6) is 11.5 Å². The lowest BCUT2D eigenvalue weighted by atomic mass is 9.95. The minimum Gasteiger partial charge on any atom is -0.493 e. The Morgan fingerprint density at radius 2 is 1.72 bits per heavy atom. The minimum absolute atomic E-state index is 0.0733. The number of hydrogen-bond donors (Lipinski definition) is 0. The molecule has 0 fully saturated rings. The van der Waals surface area contributed by atoms with Crippen LogP contribution in [-0.4, -0.2) is 48.0 Å². The monoisotopic (exact) mass is 643 g/mol. The summed E-state index contributed by atoms with van der Waals surface area (Å²) in [7, 11) is 2.90. The van der Waals surface area contributed by atoms with Gasteiger partial charge in [-0.2, -0.15) is 0 Å². The lowest BCUT2D eigenvalue weighted by Gasteiger charge is -2.25. The molecule has 2 aromatic heterocycles. The Morgan fingerprint density at radius 1 is 1.00 bits per heavy atom. The van der Waals surface area contributed by atoms with Gasteiger partial charge in [-0.3, -0.25) is 9.36 Å². The molecule has 2 aromatic carbocycles. The highest BCUT2D eigenvalue weighted by molar-refractivity contribution is 7.07. The second-order valence-electron chi connectivity index (χ2n) is 11.1. The summed E-state index contributed by atoms with van der Waals surface area (Å²) in [6.07, 6.45) is 1.78. The van der Waals surface area contributed by atoms with Gasteiger partial charge in [-0.05, 0) is 101 Å². The number of nitrogens with zero attached hydrogens (tertiary/aromatic N) is 3. The number of methoxy groups -OCH3 is 2. The molecule has 10 nitrogen and oxygen atoms in total. The largest absolute Gasteiger partial charge is 0.493 e. The summed E-state index contributed by atoms with van der Waals surface area (Å²) in [5.74, 6) is 0.105. The van der Waals surface area contributed by atoms with Crippen LogP contribution in [0.1, 0.15) is 66.6 Å². The molecule has 4 aromatic rings. The van der Waals surface area contributed by atoms with E-state index < -0.39 is 18.0 Å². The van der Waals surface area contributed by atoms with Gasteiger partial charge in [0.05, 0.1) is 54.3 Å². The minimum atomic E-state index is -0.791. The number of thiazole rings is 1. The van der Waals surface area contributed by atoms with Gasteiger partial charge in [0.25, 0.3) is 5.56 Å². The number of allylic oxidation sites excluding steroid dienone is 1. The van der Waals surface area contributed by atoms with Crippen molar-refractivity contribution in [3.05, 3.63) is 108 Å². The molecule has 0 saturated carbocycles. The molecule has 46 heavy (non-hydrogen) atoms. The maximum absolute atomic E-state index is 14.2. The van der Waals surface area contributed by atoms with Gasteiger partial charge in [0.2, 0.25) is 0 Å². The second-order valence-corrected chi connectivity index (χ2v) is 12.1. The Balaban J connectivity index is 1.65. The maximum Gasteiger partial charge on any atom is 0.338 e. The first-order chi connectivity index (χ1) is 22.0. The molecule has 11 heteroatoms. The molecular weight excluding hydrogens is 606 g/mol. The van der Waals surface area contributed by atoms with Crippen LogP contribution < -0.4 is 24.4 Å². The van der Waals surface area contributed by atoms with Crippen LogP contribution in [0, 0.1) is 13.8 Å². The molecule has 0 unspecified atom stereocenters. The fourth-order valence-corrected chi connectivity index (χ4v) is 6.69. The van der Waals surface area contributed by atoms with Crippen molar-refractivity contribution in [2.75, 3.05) is 20.8 Å². The van der Waals surface area contributed by atoms with E-state index in [9.17, 15) is 14.4 Å². The van der Waals surface area contributed by atoms with E-state index in [1.54, 1.807) is 49.8 Å². The lowest BCUT2D eigenvalue weighted by molar-refractivity contribution is -0.139. The van der Waals surface area contributed by atoms with Crippen molar-refractivity contribution in [2.24, 2.45) is 4.99 Å². The fourth-order valence-electron chi connectivity index (χ4n) is 5.65. The van der Waals surface area contributed by atoms with Crippen LogP contribution in [-0.2, 0) is 14.3 Å². The zero-order valence-electron chi connectivity index (χ0n) is 27.2. The van der Waals surface area contributed by atoms with E-state index in [0.29, 0.717) is 37.7 Å². The van der Waals surface area contributed by atoms with Crippen molar-refractivity contribution < 1.29 is 28.5 Å². The molecule has 1 aliphatic rings. The van der Waals surface area contributed by atoms with Crippen LogP contribution >= 0.6 is 11.3 Å². The number of ether oxygens (including phenoxy) is 4. The molecule has 0 amide bonds. The summed E-state index contributed by atoms with van der Waals surface area (Å²) in [4.78, 5) is 44.6. The van der Waals surface area contributed by atoms with E-state index in [1.807, 2.05) is 58.0 Å². The number of benzene rings is 2. The highest BCUT2D eigenvalue weighted by Gasteiger charge is 2.34. The third-order valence-corrected chi connectivity index (χ3v) is 8.67. The molecule has 0 N–H and O–H groups in total. The Hall–Kier alpha value is -4.90. The number of carbonyl (C=O) groups is 2. The van der Waals surface area contributed by atoms with E-state index in [2.05, 4.69) is 4.57 Å². The molecule has 240 valence electrons. The standard InChI is InChI=1S/C35H37N3O7S/c1-9-44-34(41)30-21(5)36-35-38(31(30)24-12-15-27(45-19(2)3)28(17-24)42-7)32(39)29(46-35)18-25-16-20(4)37(22(25)6)26-13-10-23(11-14-26)33(40)43-8/h10-19,31H,9H2,1-8H3/b29-18-/t31-/m1/s1. The number of fused-ring (bicyclic) bond motifs is 1. The predicted molar refractivity (Wildman–Crippen MR) is 176 cm³/mol. The summed E-state index contributed by atoms with van der Waals surface area (Å²) in [5, 5.41) is 0. The van der Waals surface area contributed by atoms with Crippen molar-refractivity contribution in [1.82, 2.24) is 9.13 Å². The number of carbonyl (C=O) groups excluding carboxylic acids is 2. The zero-order valence-corrected chi connectivity index (χ0v) is 28.0. The topological polar surface area (TPSA) is 110 Å². The smallest absolute Gasteiger partial charge is 0.338 e. The van der Waals surface area contributed by atoms with Gasteiger partial charge in [-0.1, -0.05) is 17.4 Å². The van der Waals surface area contributed by atoms with Gasteiger partial charge in [0, 0.05) is 17.1 Å². The zero-order chi connectivity index (χ0) is 33.3. The van der Waals surface area contributed by atoms with E-state index in [1.165, 1.54) is 18.4 Å². The lowest BCUT2D eigenvalue weighted by Crippen LogP contribution is -2.40. The number of aryl methyl sites for hydroxylation is 1. The highest BCUT2D eigenvalue weighted by Crippen LogP contribution is 2.36. The molecule has 3 heterocycles. The van der Waals surface area contributed by atoms with Crippen molar-refractivity contribution in [2.45, 2.75) is 53.7 Å². The number of rotatable bonds is 9. The van der Waals surface area contributed by atoms with Crippen LogP contribution in [0.4, 0.5) is 0 Å². The first-order valence-electron chi connectivity index (χ1n) is 14.9. The molecule has 0 saturated heterocycles. The Bertz CT molecular complexity index is 2030. The van der Waals surface area contributed by atoms with Crippen molar-refractivity contribution in [3.8, 4) is 17.2 Å². The molecule has 0 aliphatic carbocycles. The summed E-state index contributed by atoms with van der Waals surface area (Å²) in [5.41, 5.74) is 5.20. The predicted octanol–water partition coefficient (Wildman–Crippen LogP) is 4.79. The molecule has 1 aliphatic heterocycles. The molecule has 0 bridgehead atoms. The van der Waals surface area contributed by atoms with Crippen molar-refractivity contribution in [3.63, 3.8) is 0 Å². The van der Waals surface area contributed by atoms with Gasteiger partial charge in [-0.25, -0.2) is 14.6 Å². The van der Waals surface area contributed by atoms with Gasteiger partial charge >= 0.3 is 11.9 Å². The van der Waals surface area contributed by atoms with Gasteiger partial charge in [0.15, 0.2) is 16.3 Å². The van der Waals surface area contributed by atoms with Crippen LogP contribution in [0.25, 0.3) is 11.8 Å². The second kappa shape index (κ2) is 13.2. The summed E-state index contributed by atoms with van der Waals surface area (Å²) < 4.78 is 25.9. The summed E-state index contributed by atoms with van der Waals surface area (Å²) in [6.45, 7) is 11.5. The number of esters is 2. The number of aromatic nitrogens is 2. The van der Waals surface area contributed by atoms with Gasteiger partial charge in [-0.15, -0.1) is 0 Å². The fraction of sp³-hybridized carbons (Fsp3) is 0.314. The van der Waals surface area contributed by atoms with Gasteiger partial charge < -0.3 is 23.5 Å². The molecule has 1 atom stereocenters. The van der Waals surface area contributed by atoms with Crippen molar-refractivity contribution in [1.29, 1.82) is 0 Å². The SMILES string of the molecule is CCOC(=O)C1=C(C)N=c2s/c(=C\c3cc(C)n(-c4ccc(C(=O)OC)cc4)c3C)c(=O)n2[C@@H]1c1ccc(OC(C)C)c(OC)c1. The maximum atomic E-state index is 14.2. The quantitative estimate of drug-likeness (QED) is 0.241. The molecular formula is C35H37N3O7S. The first kappa shape index (κ1) is 32.5.